The van der Waals surface area contributed by atoms with E-state index >= 15 is 0 Å². The number of benzene rings is 1. The minimum Gasteiger partial charge on any atom is -0.494 e. The number of pyridine rings is 1. The number of ether oxygens (including phenoxy) is 1. The molecule has 0 spiro atoms. The van der Waals surface area contributed by atoms with E-state index in [4.69, 9.17) is 17.0 Å². The van der Waals surface area contributed by atoms with Crippen LogP contribution in [0.5, 0.6) is 5.75 Å². The fraction of sp³-hybridized carbons (Fsp3) is 0.364. The zero-order chi connectivity index (χ0) is 22.5. The van der Waals surface area contributed by atoms with Crippen LogP contribution < -0.4 is 20.9 Å². The molecule has 0 bridgehead atoms. The van der Waals surface area contributed by atoms with Crippen molar-refractivity contribution in [1.82, 2.24) is 35.9 Å². The fourth-order valence-electron chi connectivity index (χ4n) is 3.83. The van der Waals surface area contributed by atoms with Gasteiger partial charge in [-0.3, -0.25) is 19.4 Å². The molecule has 3 unspecified atom stereocenters. The van der Waals surface area contributed by atoms with Gasteiger partial charge in [0, 0.05) is 36.8 Å². The predicted octanol–water partition coefficient (Wildman–Crippen LogP) is 2.72. The molecular formula is C22H27N7O2S. The van der Waals surface area contributed by atoms with E-state index in [1.54, 1.807) is 12.4 Å². The number of hydrogen-bond donors (Lipinski definition) is 4. The largest absolute Gasteiger partial charge is 0.494 e. The number of H-pyrrole nitrogens is 1. The molecule has 2 aromatic heterocycles. The molecule has 1 fully saturated rings. The third-order valence-corrected chi connectivity index (χ3v) is 5.88. The Morgan fingerprint density at radius 2 is 1.94 bits per heavy atom. The average Bonchev–Trinajstić information content (AvgIpc) is 3.36. The van der Waals surface area contributed by atoms with Crippen molar-refractivity contribution >= 4 is 18.1 Å². The maximum atomic E-state index is 12.7. The minimum absolute atomic E-state index is 0.0627. The lowest BCUT2D eigenvalue weighted by Gasteiger charge is -2.20. The predicted molar refractivity (Wildman–Crippen MR) is 123 cm³/mol. The Labute approximate surface area is 191 Å². The molecule has 0 radical (unpaired) electrons. The summed E-state index contributed by atoms with van der Waals surface area (Å²) in [5, 5.41) is 10.2. The number of nitrogens with zero attached hydrogens (tertiary/aromatic N) is 3. The first kappa shape index (κ1) is 22.1. The minimum atomic E-state index is -0.177. The molecule has 0 aliphatic carbocycles. The molecule has 1 amide bonds. The van der Waals surface area contributed by atoms with E-state index in [0.29, 0.717) is 23.7 Å². The average molecular weight is 454 g/mol. The van der Waals surface area contributed by atoms with Crippen molar-refractivity contribution in [3.8, 4) is 17.1 Å². The topological polar surface area (TPSA) is 109 Å². The Balaban J connectivity index is 1.37. The van der Waals surface area contributed by atoms with E-state index < -0.39 is 0 Å². The lowest BCUT2D eigenvalue weighted by atomic mass is 9.95. The summed E-state index contributed by atoms with van der Waals surface area (Å²) in [6.07, 6.45) is 3.64. The summed E-state index contributed by atoms with van der Waals surface area (Å²) in [7, 11) is 0. The Bertz CT molecular complexity index is 1100. The van der Waals surface area contributed by atoms with E-state index in [-0.39, 0.29) is 30.5 Å². The van der Waals surface area contributed by atoms with Gasteiger partial charge in [0.2, 0.25) is 5.91 Å². The summed E-state index contributed by atoms with van der Waals surface area (Å²) in [6.45, 7) is 5.08. The molecule has 10 heteroatoms. The van der Waals surface area contributed by atoms with E-state index in [1.807, 2.05) is 47.9 Å². The van der Waals surface area contributed by atoms with Gasteiger partial charge in [-0.2, -0.15) is 5.10 Å². The Morgan fingerprint density at radius 1 is 1.19 bits per heavy atom. The summed E-state index contributed by atoms with van der Waals surface area (Å²) in [5.74, 6) is 1.59. The SMILES string of the molecule is CCOc1ccc(-c2n[nH]c(=S)n2CCC(=O)NC2NNC(c3ccncc3)C2C)cc1. The van der Waals surface area contributed by atoms with Crippen LogP contribution in [0.15, 0.2) is 48.8 Å². The van der Waals surface area contributed by atoms with Crippen molar-refractivity contribution in [2.75, 3.05) is 6.61 Å². The molecule has 1 aromatic carbocycles. The third-order valence-electron chi connectivity index (χ3n) is 5.57. The number of amides is 1. The fourth-order valence-corrected chi connectivity index (χ4v) is 4.05. The second-order valence-electron chi connectivity index (χ2n) is 7.66. The summed E-state index contributed by atoms with van der Waals surface area (Å²) in [6, 6.07) is 11.7. The van der Waals surface area contributed by atoms with Crippen LogP contribution in [0.1, 0.15) is 31.9 Å². The summed E-state index contributed by atoms with van der Waals surface area (Å²) in [5.41, 5.74) is 8.47. The maximum Gasteiger partial charge on any atom is 0.223 e. The Morgan fingerprint density at radius 3 is 2.66 bits per heavy atom. The van der Waals surface area contributed by atoms with Crippen LogP contribution in [0.4, 0.5) is 0 Å². The molecule has 9 nitrogen and oxygen atoms in total. The lowest BCUT2D eigenvalue weighted by Crippen LogP contribution is -2.46. The van der Waals surface area contributed by atoms with Gasteiger partial charge in [0.15, 0.2) is 10.6 Å². The van der Waals surface area contributed by atoms with Gasteiger partial charge in [0.05, 0.1) is 18.8 Å². The number of carbonyl (C=O) groups excluding carboxylic acids is 1. The molecule has 3 aromatic rings. The quantitative estimate of drug-likeness (QED) is 0.388. The number of rotatable bonds is 8. The van der Waals surface area contributed by atoms with Gasteiger partial charge in [0.25, 0.3) is 0 Å². The first-order valence-corrected chi connectivity index (χ1v) is 11.1. The highest BCUT2D eigenvalue weighted by Crippen LogP contribution is 2.27. The number of hydrogen-bond acceptors (Lipinski definition) is 7. The Hall–Kier alpha value is -3.08. The van der Waals surface area contributed by atoms with Gasteiger partial charge in [-0.1, -0.05) is 6.92 Å². The summed E-state index contributed by atoms with van der Waals surface area (Å²) in [4.78, 5) is 16.7. The molecule has 168 valence electrons. The van der Waals surface area contributed by atoms with Crippen LogP contribution in [-0.2, 0) is 11.3 Å². The van der Waals surface area contributed by atoms with Crippen molar-refractivity contribution in [2.45, 2.75) is 39.0 Å². The second-order valence-corrected chi connectivity index (χ2v) is 8.05. The van der Waals surface area contributed by atoms with Gasteiger partial charge >= 0.3 is 0 Å². The van der Waals surface area contributed by atoms with Crippen molar-refractivity contribution in [2.24, 2.45) is 5.92 Å². The number of nitrogens with one attached hydrogen (secondary N) is 4. The van der Waals surface area contributed by atoms with Crippen LogP contribution in [0.3, 0.4) is 0 Å². The molecule has 4 rings (SSSR count). The maximum absolute atomic E-state index is 12.7. The van der Waals surface area contributed by atoms with Gasteiger partial charge in [-0.05, 0) is 61.1 Å². The number of aromatic amines is 1. The van der Waals surface area contributed by atoms with E-state index in [9.17, 15) is 4.79 Å². The highest BCUT2D eigenvalue weighted by atomic mass is 32.1. The Kier molecular flexibility index (Phi) is 6.93. The van der Waals surface area contributed by atoms with Crippen molar-refractivity contribution in [3.63, 3.8) is 0 Å². The molecule has 3 heterocycles. The number of carbonyl (C=O) groups is 1. The van der Waals surface area contributed by atoms with Crippen molar-refractivity contribution < 1.29 is 9.53 Å². The van der Waals surface area contributed by atoms with E-state index in [1.165, 1.54) is 0 Å². The number of aromatic nitrogens is 4. The first-order valence-electron chi connectivity index (χ1n) is 10.7. The lowest BCUT2D eigenvalue weighted by molar-refractivity contribution is -0.122. The van der Waals surface area contributed by atoms with Crippen LogP contribution in [0, 0.1) is 10.7 Å². The zero-order valence-corrected chi connectivity index (χ0v) is 18.9. The van der Waals surface area contributed by atoms with Crippen LogP contribution >= 0.6 is 12.2 Å². The van der Waals surface area contributed by atoms with Gasteiger partial charge in [-0.25, -0.2) is 10.9 Å². The molecule has 4 N–H and O–H groups in total. The van der Waals surface area contributed by atoms with Crippen molar-refractivity contribution in [1.29, 1.82) is 0 Å². The third kappa shape index (κ3) is 4.87. The monoisotopic (exact) mass is 453 g/mol. The number of hydrazine groups is 1. The molecule has 32 heavy (non-hydrogen) atoms. The molecule has 3 atom stereocenters. The smallest absolute Gasteiger partial charge is 0.223 e. The molecule has 1 aliphatic heterocycles. The molecular weight excluding hydrogens is 426 g/mol. The van der Waals surface area contributed by atoms with Crippen molar-refractivity contribution in [3.05, 3.63) is 59.1 Å². The highest BCUT2D eigenvalue weighted by Gasteiger charge is 2.34. The summed E-state index contributed by atoms with van der Waals surface area (Å²) >= 11 is 5.39. The highest BCUT2D eigenvalue weighted by molar-refractivity contribution is 7.71. The van der Waals surface area contributed by atoms with Crippen LogP contribution in [0.25, 0.3) is 11.4 Å². The van der Waals surface area contributed by atoms with Crippen LogP contribution in [-0.4, -0.2) is 38.4 Å². The van der Waals surface area contributed by atoms with Crippen LogP contribution in [0.2, 0.25) is 0 Å². The standard InChI is InChI=1S/C22H27N7O2S/c1-3-31-17-6-4-16(5-7-17)21-27-28-22(32)29(21)13-10-18(30)24-20-14(2)19(25-26-20)15-8-11-23-12-9-15/h4-9,11-12,14,19-20,25-26H,3,10,13H2,1-2H3,(H,24,30)(H,28,32). The molecule has 1 aliphatic rings. The van der Waals surface area contributed by atoms with Gasteiger partial charge in [-0.15, -0.1) is 0 Å². The molecule has 0 saturated carbocycles. The first-order chi connectivity index (χ1) is 15.6. The normalized spacial score (nSPS) is 20.2. The van der Waals surface area contributed by atoms with E-state index in [2.05, 4.69) is 38.3 Å². The van der Waals surface area contributed by atoms with Gasteiger partial charge < -0.3 is 10.1 Å². The second kappa shape index (κ2) is 10.0. The van der Waals surface area contributed by atoms with E-state index in [0.717, 1.165) is 16.9 Å². The summed E-state index contributed by atoms with van der Waals surface area (Å²) < 4.78 is 7.82. The van der Waals surface area contributed by atoms with Gasteiger partial charge in [0.1, 0.15) is 5.75 Å². The molecule has 1 saturated heterocycles. The zero-order valence-electron chi connectivity index (χ0n) is 18.0.